The fourth-order valence-electron chi connectivity index (χ4n) is 0.847. The summed E-state index contributed by atoms with van der Waals surface area (Å²) in [6.07, 6.45) is -4.33. The molecule has 0 fully saturated rings. The second kappa shape index (κ2) is 2.91. The molecule has 0 amide bonds. The monoisotopic (exact) mass is 184 g/mol. The Balaban J connectivity index is 4.95. The molecular formula is C8H15F3O. The first-order valence-electron chi connectivity index (χ1n) is 3.68. The Hall–Kier alpha value is -0.250. The average molecular weight is 184 g/mol. The molecule has 1 nitrogen and oxygen atoms in total. The SMILES string of the molecule is COC(C)(C(C)(C)C)C(F)(F)F. The lowest BCUT2D eigenvalue weighted by atomic mass is 9.77. The topological polar surface area (TPSA) is 9.23 Å². The average Bonchev–Trinajstić information content (AvgIpc) is 1.81. The van der Waals surface area contributed by atoms with Crippen molar-refractivity contribution >= 4 is 0 Å². The first-order valence-corrected chi connectivity index (χ1v) is 3.68. The zero-order chi connectivity index (χ0) is 10.2. The van der Waals surface area contributed by atoms with Gasteiger partial charge in [0.1, 0.15) is 0 Å². The van der Waals surface area contributed by atoms with Crippen LogP contribution in [0.5, 0.6) is 0 Å². The summed E-state index contributed by atoms with van der Waals surface area (Å²) in [6.45, 7) is 5.57. The van der Waals surface area contributed by atoms with E-state index < -0.39 is 17.2 Å². The van der Waals surface area contributed by atoms with E-state index in [1.807, 2.05) is 0 Å². The zero-order valence-electron chi connectivity index (χ0n) is 8.04. The van der Waals surface area contributed by atoms with Crippen LogP contribution < -0.4 is 0 Å². The van der Waals surface area contributed by atoms with Gasteiger partial charge in [-0.25, -0.2) is 0 Å². The van der Waals surface area contributed by atoms with Crippen LogP contribution in [0.2, 0.25) is 0 Å². The number of alkyl halides is 3. The number of rotatable bonds is 1. The van der Waals surface area contributed by atoms with Crippen LogP contribution in [0.25, 0.3) is 0 Å². The maximum atomic E-state index is 12.5. The standard InChI is InChI=1S/C8H15F3O/c1-6(2,3)7(4,12-5)8(9,10)11/h1-5H3. The summed E-state index contributed by atoms with van der Waals surface area (Å²) in [5.74, 6) is 0. The maximum Gasteiger partial charge on any atom is 0.417 e. The summed E-state index contributed by atoms with van der Waals surface area (Å²) in [6, 6.07) is 0. The summed E-state index contributed by atoms with van der Waals surface area (Å²) in [5.41, 5.74) is -3.04. The minimum Gasteiger partial charge on any atom is -0.369 e. The van der Waals surface area contributed by atoms with Gasteiger partial charge in [0.2, 0.25) is 0 Å². The third-order valence-electron chi connectivity index (χ3n) is 2.38. The Morgan fingerprint density at radius 2 is 1.25 bits per heavy atom. The van der Waals surface area contributed by atoms with Gasteiger partial charge in [0.25, 0.3) is 0 Å². The molecule has 0 aromatic carbocycles. The van der Waals surface area contributed by atoms with Crippen molar-refractivity contribution in [3.63, 3.8) is 0 Å². The Labute approximate surface area is 70.9 Å². The van der Waals surface area contributed by atoms with Gasteiger partial charge in [0.15, 0.2) is 5.60 Å². The molecule has 0 N–H and O–H groups in total. The van der Waals surface area contributed by atoms with Crippen LogP contribution in [0, 0.1) is 5.41 Å². The summed E-state index contributed by atoms with van der Waals surface area (Å²) in [5, 5.41) is 0. The summed E-state index contributed by atoms with van der Waals surface area (Å²) in [7, 11) is 1.08. The quantitative estimate of drug-likeness (QED) is 0.608. The number of ether oxygens (including phenoxy) is 1. The predicted molar refractivity (Wildman–Crippen MR) is 40.9 cm³/mol. The Bertz CT molecular complexity index is 141. The fourth-order valence-corrected chi connectivity index (χ4v) is 0.847. The highest BCUT2D eigenvalue weighted by Crippen LogP contribution is 2.45. The first-order chi connectivity index (χ1) is 5.06. The lowest BCUT2D eigenvalue weighted by Crippen LogP contribution is -2.53. The van der Waals surface area contributed by atoms with E-state index in [2.05, 4.69) is 4.74 Å². The molecule has 1 unspecified atom stereocenters. The molecule has 0 aromatic heterocycles. The summed E-state index contributed by atoms with van der Waals surface area (Å²) < 4.78 is 42.0. The van der Waals surface area contributed by atoms with Crippen molar-refractivity contribution in [2.24, 2.45) is 5.41 Å². The van der Waals surface area contributed by atoms with Gasteiger partial charge >= 0.3 is 6.18 Å². The van der Waals surface area contributed by atoms with Crippen molar-refractivity contribution in [1.29, 1.82) is 0 Å². The van der Waals surface area contributed by atoms with Gasteiger partial charge in [0.05, 0.1) is 0 Å². The van der Waals surface area contributed by atoms with E-state index >= 15 is 0 Å². The van der Waals surface area contributed by atoms with Crippen molar-refractivity contribution in [3.05, 3.63) is 0 Å². The minimum atomic E-state index is -4.33. The van der Waals surface area contributed by atoms with Gasteiger partial charge in [-0.1, -0.05) is 20.8 Å². The molecule has 0 heterocycles. The zero-order valence-corrected chi connectivity index (χ0v) is 8.04. The molecule has 12 heavy (non-hydrogen) atoms. The molecule has 0 radical (unpaired) electrons. The van der Waals surface area contributed by atoms with E-state index in [0.717, 1.165) is 14.0 Å². The molecule has 0 bridgehead atoms. The Kier molecular flexibility index (Phi) is 2.85. The second-order valence-corrected chi connectivity index (χ2v) is 3.99. The van der Waals surface area contributed by atoms with Gasteiger partial charge in [-0.2, -0.15) is 13.2 Å². The third kappa shape index (κ3) is 1.73. The minimum absolute atomic E-state index is 0.958. The molecule has 0 saturated carbocycles. The van der Waals surface area contributed by atoms with E-state index in [1.54, 1.807) is 0 Å². The van der Waals surface area contributed by atoms with Crippen molar-refractivity contribution in [2.45, 2.75) is 39.5 Å². The lowest BCUT2D eigenvalue weighted by Gasteiger charge is -2.41. The van der Waals surface area contributed by atoms with Crippen LogP contribution in [-0.2, 0) is 4.74 Å². The smallest absolute Gasteiger partial charge is 0.369 e. The molecule has 0 aliphatic rings. The number of hydrogen-bond acceptors (Lipinski definition) is 1. The van der Waals surface area contributed by atoms with Crippen LogP contribution in [0.4, 0.5) is 13.2 Å². The predicted octanol–water partition coefficient (Wildman–Crippen LogP) is 3.00. The van der Waals surface area contributed by atoms with Crippen LogP contribution >= 0.6 is 0 Å². The molecule has 1 atom stereocenters. The van der Waals surface area contributed by atoms with E-state index in [-0.39, 0.29) is 0 Å². The maximum absolute atomic E-state index is 12.5. The molecule has 0 aliphatic heterocycles. The normalized spacial score (nSPS) is 19.0. The first kappa shape index (κ1) is 11.8. The molecule has 74 valence electrons. The van der Waals surface area contributed by atoms with Gasteiger partial charge in [0, 0.05) is 7.11 Å². The van der Waals surface area contributed by atoms with Crippen molar-refractivity contribution in [1.82, 2.24) is 0 Å². The summed E-state index contributed by atoms with van der Waals surface area (Å²) in [4.78, 5) is 0. The third-order valence-corrected chi connectivity index (χ3v) is 2.38. The Morgan fingerprint density at radius 1 is 0.917 bits per heavy atom. The largest absolute Gasteiger partial charge is 0.417 e. The van der Waals surface area contributed by atoms with Crippen molar-refractivity contribution < 1.29 is 17.9 Å². The Morgan fingerprint density at radius 3 is 1.25 bits per heavy atom. The van der Waals surface area contributed by atoms with E-state index in [0.29, 0.717) is 0 Å². The van der Waals surface area contributed by atoms with Crippen LogP contribution in [0.3, 0.4) is 0 Å². The van der Waals surface area contributed by atoms with Crippen LogP contribution in [-0.4, -0.2) is 18.9 Å². The highest BCUT2D eigenvalue weighted by atomic mass is 19.4. The molecule has 4 heteroatoms. The molecule has 0 rings (SSSR count). The number of methoxy groups -OCH3 is 1. The van der Waals surface area contributed by atoms with Crippen LogP contribution in [0.15, 0.2) is 0 Å². The van der Waals surface area contributed by atoms with Crippen molar-refractivity contribution in [2.75, 3.05) is 7.11 Å². The van der Waals surface area contributed by atoms with E-state index in [9.17, 15) is 13.2 Å². The molecule has 0 saturated heterocycles. The van der Waals surface area contributed by atoms with Crippen molar-refractivity contribution in [3.8, 4) is 0 Å². The second-order valence-electron chi connectivity index (χ2n) is 3.99. The van der Waals surface area contributed by atoms with E-state index in [1.165, 1.54) is 20.8 Å². The molecule has 0 aliphatic carbocycles. The highest BCUT2D eigenvalue weighted by molar-refractivity contribution is 4.94. The van der Waals surface area contributed by atoms with E-state index in [4.69, 9.17) is 0 Å². The summed E-state index contributed by atoms with van der Waals surface area (Å²) >= 11 is 0. The lowest BCUT2D eigenvalue weighted by molar-refractivity contribution is -0.296. The van der Waals surface area contributed by atoms with Crippen LogP contribution in [0.1, 0.15) is 27.7 Å². The highest BCUT2D eigenvalue weighted by Gasteiger charge is 2.58. The van der Waals surface area contributed by atoms with Gasteiger partial charge in [-0.05, 0) is 12.3 Å². The number of halogens is 3. The van der Waals surface area contributed by atoms with Gasteiger partial charge in [-0.3, -0.25) is 0 Å². The fraction of sp³-hybridized carbons (Fsp3) is 1.00. The molecule has 0 spiro atoms. The molecular weight excluding hydrogens is 169 g/mol. The van der Waals surface area contributed by atoms with Gasteiger partial charge in [-0.15, -0.1) is 0 Å². The molecule has 0 aromatic rings. The number of hydrogen-bond donors (Lipinski definition) is 0. The van der Waals surface area contributed by atoms with Gasteiger partial charge < -0.3 is 4.74 Å².